The van der Waals surface area contributed by atoms with Gasteiger partial charge in [0.05, 0.1) is 25.9 Å². The van der Waals surface area contributed by atoms with Gasteiger partial charge in [0.1, 0.15) is 6.10 Å². The van der Waals surface area contributed by atoms with E-state index in [-0.39, 0.29) is 18.5 Å². The van der Waals surface area contributed by atoms with Gasteiger partial charge in [-0.05, 0) is 12.8 Å². The Morgan fingerprint density at radius 1 is 0.447 bits per heavy atom. The molecule has 0 spiro atoms. The first-order valence-electron chi connectivity index (χ1n) is 20.8. The topological polar surface area (TPSA) is 60.0 Å². The van der Waals surface area contributed by atoms with Crippen LogP contribution in [0, 0.1) is 0 Å². The Morgan fingerprint density at radius 3 is 1.17 bits per heavy atom. The molecule has 0 fully saturated rings. The summed E-state index contributed by atoms with van der Waals surface area (Å²) in [6.45, 7) is 12.3. The van der Waals surface area contributed by atoms with E-state index in [2.05, 4.69) is 33.0 Å². The second-order valence-corrected chi connectivity index (χ2v) is 14.5. The van der Waals surface area contributed by atoms with Crippen molar-refractivity contribution >= 4 is 12.4 Å². The predicted molar refractivity (Wildman–Crippen MR) is 208 cm³/mol. The summed E-state index contributed by atoms with van der Waals surface area (Å²) in [5, 5.41) is 13.5. The molecule has 0 aromatic rings. The molecular weight excluding hydrogens is 606 g/mol. The van der Waals surface area contributed by atoms with Crippen LogP contribution in [-0.4, -0.2) is 62.9 Å². The monoisotopic (exact) mass is 692 g/mol. The van der Waals surface area contributed by atoms with Gasteiger partial charge in [0.25, 0.3) is 0 Å². The molecule has 0 aromatic heterocycles. The minimum atomic E-state index is -0.495. The summed E-state index contributed by atoms with van der Waals surface area (Å²) in [6, 6.07) is 0.360. The molecule has 6 heteroatoms. The summed E-state index contributed by atoms with van der Waals surface area (Å²) >= 11 is 0. The lowest BCUT2D eigenvalue weighted by molar-refractivity contribution is -0.0726. The van der Waals surface area contributed by atoms with Crippen molar-refractivity contribution in [2.24, 2.45) is 0 Å². The van der Waals surface area contributed by atoms with Gasteiger partial charge in [0, 0.05) is 25.8 Å². The van der Waals surface area contributed by atoms with Gasteiger partial charge in [0.2, 0.25) is 0 Å². The molecule has 0 aliphatic heterocycles. The van der Waals surface area contributed by atoms with Crippen molar-refractivity contribution in [1.82, 2.24) is 5.32 Å². The van der Waals surface area contributed by atoms with Crippen molar-refractivity contribution in [2.75, 3.05) is 39.6 Å². The molecule has 2 unspecified atom stereocenters. The predicted octanol–water partition coefficient (Wildman–Crippen LogP) is 12.1. The zero-order valence-electron chi connectivity index (χ0n) is 32.4. The third-order valence-electron chi connectivity index (χ3n) is 9.17. The standard InChI is InChI=1S/C41H85NO4.ClH/c1-5-7-9-11-13-15-17-19-21-23-25-27-29-31-33-44-37-41(38-45-36-40(43)35-42-39(3)4)46-34-32-30-28-26-24-22-20-18-16-14-12-10-8-6-2;/h39-43H,5-38H2,1-4H3;1H. The number of hydrogen-bond donors (Lipinski definition) is 2. The van der Waals surface area contributed by atoms with Gasteiger partial charge in [-0.25, -0.2) is 0 Å². The summed E-state index contributed by atoms with van der Waals surface area (Å²) in [4.78, 5) is 0. The van der Waals surface area contributed by atoms with Gasteiger partial charge in [-0.2, -0.15) is 0 Å². The third kappa shape index (κ3) is 42.2. The van der Waals surface area contributed by atoms with E-state index >= 15 is 0 Å². The fourth-order valence-corrected chi connectivity index (χ4v) is 6.07. The lowest BCUT2D eigenvalue weighted by Gasteiger charge is -2.20. The maximum atomic E-state index is 10.2. The van der Waals surface area contributed by atoms with Gasteiger partial charge >= 0.3 is 0 Å². The van der Waals surface area contributed by atoms with E-state index in [4.69, 9.17) is 14.2 Å². The molecule has 0 bridgehead atoms. The van der Waals surface area contributed by atoms with Crippen LogP contribution in [0.1, 0.15) is 207 Å². The molecule has 0 aromatic carbocycles. The van der Waals surface area contributed by atoms with E-state index < -0.39 is 6.10 Å². The van der Waals surface area contributed by atoms with Gasteiger partial charge in [-0.15, -0.1) is 12.4 Å². The lowest BCUT2D eigenvalue weighted by Crippen LogP contribution is -2.35. The lowest BCUT2D eigenvalue weighted by atomic mass is 10.0. The molecular formula is C41H86ClNO4. The van der Waals surface area contributed by atoms with Crippen molar-refractivity contribution in [2.45, 2.75) is 226 Å². The van der Waals surface area contributed by atoms with Gasteiger partial charge in [0.15, 0.2) is 0 Å². The van der Waals surface area contributed by atoms with E-state index in [1.807, 2.05) is 0 Å². The van der Waals surface area contributed by atoms with Crippen molar-refractivity contribution in [3.63, 3.8) is 0 Å². The molecule has 5 nitrogen and oxygen atoms in total. The Bertz CT molecular complexity index is 554. The molecule has 0 saturated heterocycles. The highest BCUT2D eigenvalue weighted by Crippen LogP contribution is 2.14. The normalized spacial score (nSPS) is 12.9. The van der Waals surface area contributed by atoms with Crippen molar-refractivity contribution in [1.29, 1.82) is 0 Å². The average Bonchev–Trinajstić information content (AvgIpc) is 3.05. The van der Waals surface area contributed by atoms with Gasteiger partial charge in [-0.1, -0.05) is 195 Å². The maximum absolute atomic E-state index is 10.2. The molecule has 0 rings (SSSR count). The quantitative estimate of drug-likeness (QED) is 0.0626. The summed E-state index contributed by atoms with van der Waals surface area (Å²) in [6.07, 6.45) is 37.8. The molecule has 0 radical (unpaired) electrons. The Labute approximate surface area is 301 Å². The van der Waals surface area contributed by atoms with E-state index in [1.165, 1.54) is 167 Å². The molecule has 0 heterocycles. The molecule has 2 atom stereocenters. The van der Waals surface area contributed by atoms with Crippen LogP contribution in [0.5, 0.6) is 0 Å². The van der Waals surface area contributed by atoms with Crippen LogP contribution >= 0.6 is 12.4 Å². The summed E-state index contributed by atoms with van der Waals surface area (Å²) in [5.74, 6) is 0. The number of ether oxygens (including phenoxy) is 3. The molecule has 0 amide bonds. The summed E-state index contributed by atoms with van der Waals surface area (Å²) in [7, 11) is 0. The zero-order chi connectivity index (χ0) is 33.6. The first kappa shape index (κ1) is 49.2. The highest BCUT2D eigenvalue weighted by atomic mass is 35.5. The van der Waals surface area contributed by atoms with Crippen LogP contribution in [0.3, 0.4) is 0 Å². The number of aliphatic hydroxyl groups excluding tert-OH is 1. The van der Waals surface area contributed by atoms with E-state index in [0.717, 1.165) is 26.1 Å². The fraction of sp³-hybridized carbons (Fsp3) is 1.00. The van der Waals surface area contributed by atoms with E-state index in [9.17, 15) is 5.11 Å². The Kier molecular flexibility index (Phi) is 44.2. The highest BCUT2D eigenvalue weighted by Gasteiger charge is 2.12. The third-order valence-corrected chi connectivity index (χ3v) is 9.17. The summed E-state index contributed by atoms with van der Waals surface area (Å²) in [5.41, 5.74) is 0. The van der Waals surface area contributed by atoms with E-state index in [0.29, 0.717) is 32.4 Å². The zero-order valence-corrected chi connectivity index (χ0v) is 33.2. The highest BCUT2D eigenvalue weighted by molar-refractivity contribution is 5.85. The van der Waals surface area contributed by atoms with Crippen LogP contribution in [0.4, 0.5) is 0 Å². The van der Waals surface area contributed by atoms with Crippen LogP contribution in [-0.2, 0) is 14.2 Å². The Morgan fingerprint density at radius 2 is 0.787 bits per heavy atom. The van der Waals surface area contributed by atoms with Crippen LogP contribution in [0.15, 0.2) is 0 Å². The maximum Gasteiger partial charge on any atom is 0.104 e. The number of hydrogen-bond acceptors (Lipinski definition) is 5. The first-order valence-corrected chi connectivity index (χ1v) is 20.8. The smallest absolute Gasteiger partial charge is 0.104 e. The Balaban J connectivity index is 0. The van der Waals surface area contributed by atoms with Crippen LogP contribution in [0.2, 0.25) is 0 Å². The fourth-order valence-electron chi connectivity index (χ4n) is 6.07. The SMILES string of the molecule is CCCCCCCCCCCCCCCCOCC(COCC(O)CNC(C)C)OCCCCCCCCCCCCCCCC.Cl. The molecule has 286 valence electrons. The first-order chi connectivity index (χ1) is 22.6. The van der Waals surface area contributed by atoms with Crippen LogP contribution < -0.4 is 5.32 Å². The van der Waals surface area contributed by atoms with Gasteiger partial charge in [-0.3, -0.25) is 0 Å². The molecule has 0 aliphatic carbocycles. The summed E-state index contributed by atoms with van der Waals surface area (Å²) < 4.78 is 18.1. The van der Waals surface area contributed by atoms with Crippen molar-refractivity contribution < 1.29 is 19.3 Å². The largest absolute Gasteiger partial charge is 0.389 e. The Hall–Kier alpha value is 0.0900. The molecule has 0 saturated carbocycles. The second-order valence-electron chi connectivity index (χ2n) is 14.5. The number of halogens is 1. The van der Waals surface area contributed by atoms with Crippen molar-refractivity contribution in [3.05, 3.63) is 0 Å². The second kappa shape index (κ2) is 42.3. The van der Waals surface area contributed by atoms with Gasteiger partial charge < -0.3 is 24.6 Å². The number of unbranched alkanes of at least 4 members (excludes halogenated alkanes) is 26. The van der Waals surface area contributed by atoms with Crippen molar-refractivity contribution in [3.8, 4) is 0 Å². The number of rotatable bonds is 40. The number of aliphatic hydroxyl groups is 1. The molecule has 2 N–H and O–H groups in total. The number of nitrogens with one attached hydrogen (secondary N) is 1. The van der Waals surface area contributed by atoms with E-state index in [1.54, 1.807) is 0 Å². The average molecular weight is 693 g/mol. The van der Waals surface area contributed by atoms with Crippen LogP contribution in [0.25, 0.3) is 0 Å². The minimum Gasteiger partial charge on any atom is -0.389 e. The minimum absolute atomic E-state index is 0. The molecule has 0 aliphatic rings. The molecule has 47 heavy (non-hydrogen) atoms.